The molecule has 0 spiro atoms. The van der Waals surface area contributed by atoms with Crippen LogP contribution in [-0.2, 0) is 11.5 Å². The monoisotopic (exact) mass is 366 g/mol. The summed E-state index contributed by atoms with van der Waals surface area (Å²) in [6.07, 6.45) is 0. The van der Waals surface area contributed by atoms with Crippen molar-refractivity contribution < 1.29 is 14.6 Å². The number of benzene rings is 2. The average molecular weight is 366 g/mol. The van der Waals surface area contributed by atoms with E-state index in [1.165, 1.54) is 0 Å². The van der Waals surface area contributed by atoms with Gasteiger partial charge >= 0.3 is 5.91 Å². The largest absolute Gasteiger partial charge is 0.493 e. The van der Waals surface area contributed by atoms with Crippen molar-refractivity contribution in [2.75, 3.05) is 20.7 Å². The number of ether oxygens (including phenoxy) is 1. The minimum absolute atomic E-state index is 0.0269. The van der Waals surface area contributed by atoms with Crippen molar-refractivity contribution in [3.8, 4) is 11.6 Å². The number of aromatic nitrogens is 1. The molecule has 0 bridgehead atoms. The van der Waals surface area contributed by atoms with Crippen molar-refractivity contribution in [1.29, 1.82) is 0 Å². The second-order valence-corrected chi connectivity index (χ2v) is 6.53. The average Bonchev–Trinajstić information content (AvgIpc) is 2.91. The van der Waals surface area contributed by atoms with E-state index in [1.807, 2.05) is 62.3 Å². The molecular formula is C20H22N4O3. The van der Waals surface area contributed by atoms with E-state index in [0.29, 0.717) is 12.4 Å². The van der Waals surface area contributed by atoms with Crippen molar-refractivity contribution in [1.82, 2.24) is 9.47 Å². The Morgan fingerprint density at radius 1 is 1.15 bits per heavy atom. The molecular weight excluding hydrogens is 344 g/mol. The van der Waals surface area contributed by atoms with Gasteiger partial charge < -0.3 is 9.84 Å². The van der Waals surface area contributed by atoms with Gasteiger partial charge in [-0.3, -0.25) is 14.3 Å². The summed E-state index contributed by atoms with van der Waals surface area (Å²) in [5.41, 5.74) is 2.20. The van der Waals surface area contributed by atoms with E-state index in [0.717, 1.165) is 16.5 Å². The molecule has 3 rings (SSSR count). The highest BCUT2D eigenvalue weighted by Crippen LogP contribution is 2.38. The maximum Gasteiger partial charge on any atom is 0.302 e. The Morgan fingerprint density at radius 3 is 2.56 bits per heavy atom. The van der Waals surface area contributed by atoms with Crippen LogP contribution in [0.3, 0.4) is 0 Å². The topological polar surface area (TPSA) is 79.4 Å². The zero-order valence-electron chi connectivity index (χ0n) is 15.6. The highest BCUT2D eigenvalue weighted by molar-refractivity contribution is 5.95. The lowest BCUT2D eigenvalue weighted by Crippen LogP contribution is -2.16. The molecule has 0 aliphatic heterocycles. The number of hydrogen-bond acceptors (Lipinski definition) is 5. The second-order valence-electron chi connectivity index (χ2n) is 6.53. The fourth-order valence-corrected chi connectivity index (χ4v) is 2.71. The molecule has 0 aliphatic carbocycles. The highest BCUT2D eigenvalue weighted by Gasteiger charge is 2.17. The molecule has 0 atom stereocenters. The summed E-state index contributed by atoms with van der Waals surface area (Å²) >= 11 is 0. The first kappa shape index (κ1) is 18.6. The first-order valence-electron chi connectivity index (χ1n) is 8.54. The number of hydrogen-bond donors (Lipinski definition) is 1. The van der Waals surface area contributed by atoms with E-state index >= 15 is 0 Å². The van der Waals surface area contributed by atoms with Gasteiger partial charge in [0.25, 0.3) is 0 Å². The highest BCUT2D eigenvalue weighted by atomic mass is 16.5. The lowest BCUT2D eigenvalue weighted by molar-refractivity contribution is -0.120. The van der Waals surface area contributed by atoms with E-state index < -0.39 is 5.91 Å². The van der Waals surface area contributed by atoms with Crippen LogP contribution in [-0.4, -0.2) is 41.2 Å². The Hall–Kier alpha value is -3.19. The summed E-state index contributed by atoms with van der Waals surface area (Å²) in [5.74, 6) is 0.0369. The van der Waals surface area contributed by atoms with Crippen LogP contribution in [0.15, 0.2) is 58.8 Å². The van der Waals surface area contributed by atoms with Gasteiger partial charge in [-0.2, -0.15) is 0 Å². The van der Waals surface area contributed by atoms with Crippen molar-refractivity contribution in [2.45, 2.75) is 13.6 Å². The van der Waals surface area contributed by atoms with Gasteiger partial charge in [0, 0.05) is 5.39 Å². The fraction of sp³-hybridized carbons (Fsp3) is 0.250. The van der Waals surface area contributed by atoms with Gasteiger partial charge in [0.2, 0.25) is 5.88 Å². The van der Waals surface area contributed by atoms with Gasteiger partial charge in [-0.1, -0.05) is 35.9 Å². The predicted octanol–water partition coefficient (Wildman–Crippen LogP) is 3.86. The molecule has 2 aromatic carbocycles. The molecule has 0 fully saturated rings. The minimum atomic E-state index is -0.528. The normalized spacial score (nSPS) is 11.6. The first-order chi connectivity index (χ1) is 13.0. The fourth-order valence-electron chi connectivity index (χ4n) is 2.71. The van der Waals surface area contributed by atoms with E-state index in [9.17, 15) is 9.90 Å². The summed E-state index contributed by atoms with van der Waals surface area (Å²) in [6, 6.07) is 14.8. The Bertz CT molecular complexity index is 975. The predicted molar refractivity (Wildman–Crippen MR) is 103 cm³/mol. The number of fused-ring (bicyclic) bond motifs is 1. The molecule has 7 nitrogen and oxygen atoms in total. The summed E-state index contributed by atoms with van der Waals surface area (Å²) in [6.45, 7) is 2.23. The molecule has 7 heteroatoms. The first-order valence-corrected chi connectivity index (χ1v) is 8.54. The maximum atomic E-state index is 12.0. The molecule has 0 aliphatic rings. The van der Waals surface area contributed by atoms with Crippen LogP contribution in [0, 0.1) is 6.92 Å². The quantitative estimate of drug-likeness (QED) is 0.672. The third-order valence-corrected chi connectivity index (χ3v) is 3.99. The van der Waals surface area contributed by atoms with Gasteiger partial charge in [-0.05, 0) is 39.2 Å². The smallest absolute Gasteiger partial charge is 0.302 e. The van der Waals surface area contributed by atoms with Gasteiger partial charge in [0.05, 0.1) is 12.2 Å². The number of amides is 1. The van der Waals surface area contributed by atoms with Crippen molar-refractivity contribution in [2.24, 2.45) is 10.2 Å². The minimum Gasteiger partial charge on any atom is -0.493 e. The molecule has 1 N–H and O–H groups in total. The third kappa shape index (κ3) is 4.32. The second kappa shape index (κ2) is 8.01. The molecule has 1 amide bonds. The standard InChI is InChI=1S/C20H22N4O3/c1-14-8-10-15(11-9-14)27-12-18(25)21-22-19-16-6-4-5-7-17(16)24(20(19)26)13-23(2)3/h4-11,26H,12-13H2,1-3H3. The number of para-hydroxylation sites is 1. The number of nitrogens with zero attached hydrogens (tertiary/aromatic N) is 4. The number of aryl methyl sites for hydroxylation is 1. The van der Waals surface area contributed by atoms with E-state index in [2.05, 4.69) is 10.2 Å². The number of aromatic hydroxyl groups is 1. The zero-order valence-corrected chi connectivity index (χ0v) is 15.6. The van der Waals surface area contributed by atoms with Crippen LogP contribution < -0.4 is 4.74 Å². The number of rotatable bonds is 6. The lowest BCUT2D eigenvalue weighted by atomic mass is 10.2. The molecule has 0 saturated carbocycles. The molecule has 0 radical (unpaired) electrons. The van der Waals surface area contributed by atoms with Gasteiger partial charge in [0.1, 0.15) is 5.75 Å². The molecule has 1 aromatic heterocycles. The van der Waals surface area contributed by atoms with Crippen molar-refractivity contribution in [3.05, 3.63) is 54.1 Å². The molecule has 140 valence electrons. The zero-order chi connectivity index (χ0) is 19.4. The van der Waals surface area contributed by atoms with Crippen LogP contribution in [0.2, 0.25) is 0 Å². The summed E-state index contributed by atoms with van der Waals surface area (Å²) in [7, 11) is 3.81. The summed E-state index contributed by atoms with van der Waals surface area (Å²) in [5, 5.41) is 19.0. The van der Waals surface area contributed by atoms with Crippen molar-refractivity contribution >= 4 is 22.5 Å². The SMILES string of the molecule is Cc1ccc(OCC(=O)N=Nc2c(O)n(CN(C)C)c3ccccc23)cc1. The summed E-state index contributed by atoms with van der Waals surface area (Å²) < 4.78 is 7.13. The maximum absolute atomic E-state index is 12.0. The van der Waals surface area contributed by atoms with Crippen LogP contribution >= 0.6 is 0 Å². The van der Waals surface area contributed by atoms with Gasteiger partial charge in [0.15, 0.2) is 12.3 Å². The van der Waals surface area contributed by atoms with Crippen LogP contribution in [0.1, 0.15) is 5.56 Å². The van der Waals surface area contributed by atoms with Crippen LogP contribution in [0.25, 0.3) is 10.9 Å². The third-order valence-electron chi connectivity index (χ3n) is 3.99. The molecule has 1 heterocycles. The van der Waals surface area contributed by atoms with E-state index in [4.69, 9.17) is 4.74 Å². The molecule has 3 aromatic rings. The van der Waals surface area contributed by atoms with Gasteiger partial charge in [-0.25, -0.2) is 0 Å². The number of carbonyl (C=O) groups excluding carboxylic acids is 1. The Balaban J connectivity index is 1.78. The number of carbonyl (C=O) groups is 1. The molecule has 27 heavy (non-hydrogen) atoms. The molecule has 0 unspecified atom stereocenters. The molecule has 0 saturated heterocycles. The lowest BCUT2D eigenvalue weighted by Gasteiger charge is -2.12. The van der Waals surface area contributed by atoms with E-state index in [1.54, 1.807) is 16.7 Å². The van der Waals surface area contributed by atoms with Crippen LogP contribution in [0.4, 0.5) is 5.69 Å². The van der Waals surface area contributed by atoms with Gasteiger partial charge in [-0.15, -0.1) is 10.2 Å². The summed E-state index contributed by atoms with van der Waals surface area (Å²) in [4.78, 5) is 13.9. The Kier molecular flexibility index (Phi) is 5.52. The number of azo groups is 1. The Morgan fingerprint density at radius 2 is 1.85 bits per heavy atom. The Labute approximate surface area is 157 Å². The van der Waals surface area contributed by atoms with E-state index in [-0.39, 0.29) is 18.2 Å². The van der Waals surface area contributed by atoms with Crippen LogP contribution in [0.5, 0.6) is 11.6 Å². The van der Waals surface area contributed by atoms with Crippen molar-refractivity contribution in [3.63, 3.8) is 0 Å².